The van der Waals surface area contributed by atoms with E-state index >= 15 is 0 Å². The maximum absolute atomic E-state index is 12.6. The number of hydrogen-bond acceptors (Lipinski definition) is 6. The van der Waals surface area contributed by atoms with E-state index in [-0.39, 0.29) is 28.9 Å². The van der Waals surface area contributed by atoms with Gasteiger partial charge in [0.2, 0.25) is 5.91 Å². The van der Waals surface area contributed by atoms with Gasteiger partial charge in [-0.15, -0.1) is 16.8 Å². The highest BCUT2D eigenvalue weighted by molar-refractivity contribution is 8.00. The molecule has 0 bridgehead atoms. The van der Waals surface area contributed by atoms with Crippen LogP contribution in [0.5, 0.6) is 0 Å². The Morgan fingerprint density at radius 3 is 2.55 bits per heavy atom. The number of sulfone groups is 1. The highest BCUT2D eigenvalue weighted by Crippen LogP contribution is 2.29. The Balaban J connectivity index is 1.75. The zero-order valence-electron chi connectivity index (χ0n) is 18.5. The summed E-state index contributed by atoms with van der Waals surface area (Å²) in [6.45, 7) is 12.6. The number of amides is 1. The van der Waals surface area contributed by atoms with Crippen LogP contribution in [-0.4, -0.2) is 51.9 Å². The number of thioether (sulfide) groups is 1. The maximum Gasteiger partial charge on any atom is 0.233 e. The number of allylic oxidation sites excluding steroid dienone is 1. The van der Waals surface area contributed by atoms with Gasteiger partial charge in [0.25, 0.3) is 0 Å². The molecule has 31 heavy (non-hydrogen) atoms. The van der Waals surface area contributed by atoms with Crippen molar-refractivity contribution < 1.29 is 13.2 Å². The van der Waals surface area contributed by atoms with Gasteiger partial charge in [-0.3, -0.25) is 9.36 Å². The number of carbonyl (C=O) groups is 1. The summed E-state index contributed by atoms with van der Waals surface area (Å²) >= 11 is 1.30. The lowest BCUT2D eigenvalue weighted by Gasteiger charge is -2.19. The lowest BCUT2D eigenvalue weighted by molar-refractivity contribution is -0.120. The molecule has 1 aliphatic rings. The lowest BCUT2D eigenvalue weighted by Crippen LogP contribution is -2.40. The van der Waals surface area contributed by atoms with Gasteiger partial charge in [-0.05, 0) is 24.3 Å². The molecule has 1 saturated heterocycles. The van der Waals surface area contributed by atoms with E-state index in [1.165, 1.54) is 17.3 Å². The average molecular weight is 463 g/mol. The second-order valence-corrected chi connectivity index (χ2v) is 12.4. The molecule has 0 radical (unpaired) electrons. The highest BCUT2D eigenvalue weighted by atomic mass is 32.2. The SMILES string of the molecule is C=CCn1c(SC(C)C(=O)NC2CCS(=O)(=O)C2)nnc1-c1ccc(C(C)(C)C)cc1. The van der Waals surface area contributed by atoms with Crippen molar-refractivity contribution in [1.29, 1.82) is 0 Å². The van der Waals surface area contributed by atoms with Crippen molar-refractivity contribution in [2.75, 3.05) is 11.5 Å². The van der Waals surface area contributed by atoms with E-state index in [9.17, 15) is 13.2 Å². The summed E-state index contributed by atoms with van der Waals surface area (Å²) in [5.74, 6) is 0.663. The van der Waals surface area contributed by atoms with Crippen molar-refractivity contribution in [3.63, 3.8) is 0 Å². The summed E-state index contributed by atoms with van der Waals surface area (Å²) in [4.78, 5) is 12.6. The van der Waals surface area contributed by atoms with Gasteiger partial charge in [0.15, 0.2) is 20.8 Å². The zero-order valence-corrected chi connectivity index (χ0v) is 20.1. The number of rotatable bonds is 7. The molecule has 2 aromatic rings. The van der Waals surface area contributed by atoms with Crippen LogP contribution in [0.1, 0.15) is 39.7 Å². The van der Waals surface area contributed by atoms with E-state index in [4.69, 9.17) is 0 Å². The van der Waals surface area contributed by atoms with Crippen LogP contribution >= 0.6 is 11.8 Å². The summed E-state index contributed by atoms with van der Waals surface area (Å²) in [5.41, 5.74) is 2.25. The molecule has 3 rings (SSSR count). The summed E-state index contributed by atoms with van der Waals surface area (Å²) < 4.78 is 25.2. The smallest absolute Gasteiger partial charge is 0.233 e. The van der Waals surface area contributed by atoms with Crippen LogP contribution in [-0.2, 0) is 26.6 Å². The molecule has 1 fully saturated rings. The van der Waals surface area contributed by atoms with Gasteiger partial charge in [-0.25, -0.2) is 8.42 Å². The molecular formula is C22H30N4O3S2. The first-order chi connectivity index (χ1) is 14.5. The fraction of sp³-hybridized carbons (Fsp3) is 0.500. The standard InChI is InChI=1S/C22H30N4O3S2/c1-6-12-26-19(16-7-9-17(10-8-16)22(3,4)5)24-25-21(26)30-15(2)20(27)23-18-11-13-31(28,29)14-18/h6-10,15,18H,1,11-14H2,2-5H3,(H,23,27). The van der Waals surface area contributed by atoms with Crippen LogP contribution in [0.3, 0.4) is 0 Å². The third-order valence-electron chi connectivity index (χ3n) is 5.27. The van der Waals surface area contributed by atoms with E-state index in [2.05, 4.69) is 55.0 Å². The number of nitrogens with zero attached hydrogens (tertiary/aromatic N) is 3. The van der Waals surface area contributed by atoms with E-state index in [0.29, 0.717) is 18.1 Å². The van der Waals surface area contributed by atoms with Crippen LogP contribution in [0.25, 0.3) is 11.4 Å². The Morgan fingerprint density at radius 1 is 1.32 bits per heavy atom. The molecule has 2 heterocycles. The minimum absolute atomic E-state index is 0.0114. The van der Waals surface area contributed by atoms with Crippen molar-refractivity contribution in [1.82, 2.24) is 20.1 Å². The number of aromatic nitrogens is 3. The Labute approximate surface area is 188 Å². The van der Waals surface area contributed by atoms with Gasteiger partial charge in [0, 0.05) is 18.2 Å². The van der Waals surface area contributed by atoms with E-state index < -0.39 is 15.1 Å². The molecule has 0 aliphatic carbocycles. The summed E-state index contributed by atoms with van der Waals surface area (Å²) in [5, 5.41) is 11.7. The highest BCUT2D eigenvalue weighted by Gasteiger charge is 2.30. The summed E-state index contributed by atoms with van der Waals surface area (Å²) in [6.07, 6.45) is 2.24. The molecule has 168 valence electrons. The summed E-state index contributed by atoms with van der Waals surface area (Å²) in [6, 6.07) is 7.95. The van der Waals surface area contributed by atoms with Gasteiger partial charge in [-0.1, -0.05) is 62.9 Å². The molecular weight excluding hydrogens is 432 g/mol. The van der Waals surface area contributed by atoms with Crippen LogP contribution in [0, 0.1) is 0 Å². The second-order valence-electron chi connectivity index (χ2n) is 8.90. The molecule has 2 unspecified atom stereocenters. The first-order valence-electron chi connectivity index (χ1n) is 10.3. The second kappa shape index (κ2) is 9.16. The number of carbonyl (C=O) groups excluding carboxylic acids is 1. The fourth-order valence-electron chi connectivity index (χ4n) is 3.44. The molecule has 1 N–H and O–H groups in total. The van der Waals surface area contributed by atoms with Crippen molar-refractivity contribution in [3.05, 3.63) is 42.5 Å². The quantitative estimate of drug-likeness (QED) is 0.502. The largest absolute Gasteiger partial charge is 0.351 e. The van der Waals surface area contributed by atoms with E-state index in [1.54, 1.807) is 13.0 Å². The predicted molar refractivity (Wildman–Crippen MR) is 125 cm³/mol. The Kier molecular flexibility index (Phi) is 6.95. The Morgan fingerprint density at radius 2 is 2.00 bits per heavy atom. The lowest BCUT2D eigenvalue weighted by atomic mass is 9.87. The number of nitrogens with one attached hydrogen (secondary N) is 1. The monoisotopic (exact) mass is 462 g/mol. The third kappa shape index (κ3) is 5.77. The fourth-order valence-corrected chi connectivity index (χ4v) is 5.98. The van der Waals surface area contributed by atoms with Crippen LogP contribution in [0.4, 0.5) is 0 Å². The van der Waals surface area contributed by atoms with Crippen molar-refractivity contribution in [3.8, 4) is 11.4 Å². The first kappa shape index (κ1) is 23.5. The third-order valence-corrected chi connectivity index (χ3v) is 8.12. The van der Waals surface area contributed by atoms with Gasteiger partial charge in [-0.2, -0.15) is 0 Å². The minimum Gasteiger partial charge on any atom is -0.351 e. The molecule has 7 nitrogen and oxygen atoms in total. The molecule has 1 aliphatic heterocycles. The molecule has 2 atom stereocenters. The van der Waals surface area contributed by atoms with Crippen LogP contribution < -0.4 is 5.32 Å². The Bertz CT molecular complexity index is 1050. The molecule has 0 saturated carbocycles. The summed E-state index contributed by atoms with van der Waals surface area (Å²) in [7, 11) is -3.04. The molecule has 9 heteroatoms. The Hall–Kier alpha value is -2.13. The molecule has 1 aromatic carbocycles. The maximum atomic E-state index is 12.6. The zero-order chi connectivity index (χ0) is 22.8. The molecule has 1 amide bonds. The topological polar surface area (TPSA) is 94.0 Å². The van der Waals surface area contributed by atoms with Crippen molar-refractivity contribution in [2.24, 2.45) is 0 Å². The minimum atomic E-state index is -3.04. The predicted octanol–water partition coefficient (Wildman–Crippen LogP) is 3.21. The van der Waals surface area contributed by atoms with Gasteiger partial charge in [0.1, 0.15) is 0 Å². The normalized spacial score (nSPS) is 19.2. The average Bonchev–Trinajstić information content (AvgIpc) is 3.24. The number of benzene rings is 1. The van der Waals surface area contributed by atoms with Gasteiger partial charge in [0.05, 0.1) is 16.8 Å². The molecule has 0 spiro atoms. The van der Waals surface area contributed by atoms with Crippen LogP contribution in [0.2, 0.25) is 0 Å². The van der Waals surface area contributed by atoms with Gasteiger partial charge >= 0.3 is 0 Å². The first-order valence-corrected chi connectivity index (χ1v) is 13.0. The van der Waals surface area contributed by atoms with E-state index in [0.717, 1.165) is 11.4 Å². The van der Waals surface area contributed by atoms with Gasteiger partial charge < -0.3 is 5.32 Å². The molecule has 1 aromatic heterocycles. The van der Waals surface area contributed by atoms with Crippen molar-refractivity contribution in [2.45, 2.75) is 62.5 Å². The van der Waals surface area contributed by atoms with Crippen molar-refractivity contribution >= 4 is 27.5 Å². The van der Waals surface area contributed by atoms with E-state index in [1.807, 2.05) is 16.7 Å². The van der Waals surface area contributed by atoms with Crippen LogP contribution in [0.15, 0.2) is 42.1 Å². The number of hydrogen-bond donors (Lipinski definition) is 1.